The molecule has 0 aliphatic rings. The zero-order valence-corrected chi connectivity index (χ0v) is 12.5. The number of thioether (sulfide) groups is 1. The van der Waals surface area contributed by atoms with Crippen LogP contribution < -0.4 is 10.1 Å². The lowest BCUT2D eigenvalue weighted by Crippen LogP contribution is -2.11. The number of hydrogen-bond acceptors (Lipinski definition) is 6. The average Bonchev–Trinajstić information content (AvgIpc) is 2.27. The van der Waals surface area contributed by atoms with Crippen molar-refractivity contribution in [2.75, 3.05) is 18.1 Å². The van der Waals surface area contributed by atoms with Crippen LogP contribution in [0.4, 0.5) is 5.95 Å². The fourth-order valence-corrected chi connectivity index (χ4v) is 2.23. The van der Waals surface area contributed by atoms with Crippen molar-refractivity contribution in [2.45, 2.75) is 45.4 Å². The molecule has 6 heteroatoms. The van der Waals surface area contributed by atoms with Crippen molar-refractivity contribution in [3.63, 3.8) is 0 Å². The molecule has 0 aliphatic carbocycles. The molecule has 0 aliphatic heterocycles. The molecule has 0 atom stereocenters. The van der Waals surface area contributed by atoms with Gasteiger partial charge in [-0.15, -0.1) is 0 Å². The second kappa shape index (κ2) is 7.41. The highest BCUT2D eigenvalue weighted by atomic mass is 32.2. The Hall–Kier alpha value is -1.04. The van der Waals surface area contributed by atoms with Gasteiger partial charge in [0.1, 0.15) is 0 Å². The highest BCUT2D eigenvalue weighted by molar-refractivity contribution is 7.99. The molecule has 1 rings (SSSR count). The molecule has 0 amide bonds. The van der Waals surface area contributed by atoms with E-state index in [2.05, 4.69) is 34.1 Å². The lowest BCUT2D eigenvalue weighted by Gasteiger charge is -2.10. The van der Waals surface area contributed by atoms with Crippen LogP contribution in [0.1, 0.15) is 34.1 Å². The lowest BCUT2D eigenvalue weighted by molar-refractivity contribution is 0.219. The zero-order valence-electron chi connectivity index (χ0n) is 11.7. The van der Waals surface area contributed by atoms with Gasteiger partial charge in [-0.25, -0.2) is 0 Å². The third kappa shape index (κ3) is 5.53. The van der Waals surface area contributed by atoms with Gasteiger partial charge in [-0.1, -0.05) is 25.6 Å². The Morgan fingerprint density at radius 2 is 1.89 bits per heavy atom. The minimum Gasteiger partial charge on any atom is -0.461 e. The summed E-state index contributed by atoms with van der Waals surface area (Å²) in [6.07, 6.45) is 1.21. The summed E-state index contributed by atoms with van der Waals surface area (Å²) in [6.45, 7) is 8.32. The largest absolute Gasteiger partial charge is 0.461 e. The summed E-state index contributed by atoms with van der Waals surface area (Å²) in [5.41, 5.74) is 0. The third-order valence-corrected chi connectivity index (χ3v) is 2.97. The van der Waals surface area contributed by atoms with Crippen molar-refractivity contribution in [1.82, 2.24) is 15.0 Å². The molecule has 0 saturated carbocycles. The topological polar surface area (TPSA) is 59.9 Å². The van der Waals surface area contributed by atoms with Crippen molar-refractivity contribution >= 4 is 17.7 Å². The van der Waals surface area contributed by atoms with Crippen molar-refractivity contribution in [3.05, 3.63) is 0 Å². The Morgan fingerprint density at radius 1 is 1.17 bits per heavy atom. The zero-order chi connectivity index (χ0) is 13.5. The molecule has 0 radical (unpaired) electrons. The van der Waals surface area contributed by atoms with Gasteiger partial charge in [-0.3, -0.25) is 0 Å². The number of nitrogens with zero attached hydrogens (tertiary/aromatic N) is 3. The van der Waals surface area contributed by atoms with Crippen LogP contribution in [0.2, 0.25) is 0 Å². The molecule has 0 fully saturated rings. The standard InChI is InChI=1S/C12H22N4OS/c1-8(2)6-7-18-12-15-10(13-5)14-11(16-12)17-9(3)4/h8-9H,6-7H2,1-5H3,(H,13,14,15,16). The Kier molecular flexibility index (Phi) is 6.18. The van der Waals surface area contributed by atoms with Gasteiger partial charge in [-0.2, -0.15) is 15.0 Å². The van der Waals surface area contributed by atoms with Gasteiger partial charge in [0.15, 0.2) is 5.16 Å². The predicted molar refractivity (Wildman–Crippen MR) is 75.3 cm³/mol. The van der Waals surface area contributed by atoms with Gasteiger partial charge in [0.2, 0.25) is 5.95 Å². The van der Waals surface area contributed by atoms with E-state index in [0.717, 1.165) is 12.2 Å². The first kappa shape index (κ1) is 15.0. The number of hydrogen-bond donors (Lipinski definition) is 1. The summed E-state index contributed by atoms with van der Waals surface area (Å²) in [5, 5.41) is 3.64. The second-order valence-electron chi connectivity index (χ2n) is 4.67. The summed E-state index contributed by atoms with van der Waals surface area (Å²) in [5.74, 6) is 2.24. The SMILES string of the molecule is CNc1nc(OC(C)C)nc(SCCC(C)C)n1. The maximum atomic E-state index is 5.51. The van der Waals surface area contributed by atoms with Crippen LogP contribution in [-0.4, -0.2) is 33.9 Å². The summed E-state index contributed by atoms with van der Waals surface area (Å²) < 4.78 is 5.51. The molecule has 1 aromatic heterocycles. The maximum Gasteiger partial charge on any atom is 0.322 e. The van der Waals surface area contributed by atoms with Crippen LogP contribution in [0.3, 0.4) is 0 Å². The first-order chi connectivity index (χ1) is 8.51. The van der Waals surface area contributed by atoms with E-state index in [-0.39, 0.29) is 6.10 Å². The molecule has 18 heavy (non-hydrogen) atoms. The van der Waals surface area contributed by atoms with Crippen molar-refractivity contribution in [2.24, 2.45) is 5.92 Å². The van der Waals surface area contributed by atoms with Crippen molar-refractivity contribution in [3.8, 4) is 6.01 Å². The highest BCUT2D eigenvalue weighted by Gasteiger charge is 2.08. The Morgan fingerprint density at radius 3 is 2.44 bits per heavy atom. The van der Waals surface area contributed by atoms with E-state index >= 15 is 0 Å². The van der Waals surface area contributed by atoms with E-state index < -0.39 is 0 Å². The van der Waals surface area contributed by atoms with Gasteiger partial charge < -0.3 is 10.1 Å². The number of anilines is 1. The predicted octanol–water partition coefficient (Wildman–Crippen LogP) is 2.84. The fraction of sp³-hybridized carbons (Fsp3) is 0.750. The second-order valence-corrected chi connectivity index (χ2v) is 5.73. The molecule has 1 aromatic rings. The van der Waals surface area contributed by atoms with Crippen LogP contribution >= 0.6 is 11.8 Å². The molecular formula is C12H22N4OS. The van der Waals surface area contributed by atoms with Crippen molar-refractivity contribution < 1.29 is 4.74 Å². The van der Waals surface area contributed by atoms with Gasteiger partial charge >= 0.3 is 6.01 Å². The number of rotatable bonds is 7. The summed E-state index contributed by atoms with van der Waals surface area (Å²) >= 11 is 1.64. The van der Waals surface area contributed by atoms with Crippen LogP contribution in [0, 0.1) is 5.92 Å². The smallest absolute Gasteiger partial charge is 0.322 e. The van der Waals surface area contributed by atoms with E-state index in [1.54, 1.807) is 18.8 Å². The summed E-state index contributed by atoms with van der Waals surface area (Å²) in [7, 11) is 1.79. The van der Waals surface area contributed by atoms with Crippen LogP contribution in [-0.2, 0) is 0 Å². The minimum atomic E-state index is 0.0608. The lowest BCUT2D eigenvalue weighted by atomic mass is 10.2. The maximum absolute atomic E-state index is 5.51. The Bertz CT molecular complexity index is 371. The summed E-state index contributed by atoms with van der Waals surface area (Å²) in [4.78, 5) is 12.8. The minimum absolute atomic E-state index is 0.0608. The van der Waals surface area contributed by atoms with Gasteiger partial charge in [0.25, 0.3) is 0 Å². The van der Waals surface area contributed by atoms with Crippen LogP contribution in [0.5, 0.6) is 6.01 Å². The molecule has 1 heterocycles. The van der Waals surface area contributed by atoms with Crippen LogP contribution in [0.15, 0.2) is 5.16 Å². The first-order valence-corrected chi connectivity index (χ1v) is 7.23. The van der Waals surface area contributed by atoms with E-state index in [1.165, 1.54) is 0 Å². The van der Waals surface area contributed by atoms with E-state index in [4.69, 9.17) is 4.74 Å². The monoisotopic (exact) mass is 270 g/mol. The average molecular weight is 270 g/mol. The molecular weight excluding hydrogens is 248 g/mol. The Balaban J connectivity index is 2.70. The van der Waals surface area contributed by atoms with Crippen LogP contribution in [0.25, 0.3) is 0 Å². The summed E-state index contributed by atoms with van der Waals surface area (Å²) in [6, 6.07) is 0.386. The van der Waals surface area contributed by atoms with E-state index in [9.17, 15) is 0 Å². The van der Waals surface area contributed by atoms with Gasteiger partial charge in [0.05, 0.1) is 6.10 Å². The van der Waals surface area contributed by atoms with E-state index in [1.807, 2.05) is 13.8 Å². The molecule has 0 spiro atoms. The fourth-order valence-electron chi connectivity index (χ4n) is 1.16. The highest BCUT2D eigenvalue weighted by Crippen LogP contribution is 2.20. The number of aromatic nitrogens is 3. The number of ether oxygens (including phenoxy) is 1. The van der Waals surface area contributed by atoms with Gasteiger partial charge in [0, 0.05) is 12.8 Å². The number of nitrogens with one attached hydrogen (secondary N) is 1. The molecule has 102 valence electrons. The molecule has 0 saturated heterocycles. The first-order valence-electron chi connectivity index (χ1n) is 6.24. The van der Waals surface area contributed by atoms with E-state index in [0.29, 0.717) is 23.0 Å². The van der Waals surface area contributed by atoms with Gasteiger partial charge in [-0.05, 0) is 26.2 Å². The molecule has 5 nitrogen and oxygen atoms in total. The Labute approximate surface area is 113 Å². The molecule has 1 N–H and O–H groups in total. The molecule has 0 unspecified atom stereocenters. The molecule has 0 bridgehead atoms. The third-order valence-electron chi connectivity index (χ3n) is 2.09. The molecule has 0 aromatic carbocycles. The quantitative estimate of drug-likeness (QED) is 0.769. The van der Waals surface area contributed by atoms with Crippen molar-refractivity contribution in [1.29, 1.82) is 0 Å². The normalized spacial score (nSPS) is 11.1.